The monoisotopic (exact) mass is 220 g/mol. The molecule has 2 heteroatoms. The van der Waals surface area contributed by atoms with Crippen LogP contribution in [0.15, 0.2) is 24.3 Å². The summed E-state index contributed by atoms with van der Waals surface area (Å²) in [6.45, 7) is 6.16. The first kappa shape index (κ1) is 12.8. The van der Waals surface area contributed by atoms with Crippen LogP contribution in [0, 0.1) is 18.8 Å². The number of carboxylic acids is 1. The van der Waals surface area contributed by atoms with Crippen LogP contribution >= 0.6 is 0 Å². The van der Waals surface area contributed by atoms with Crippen LogP contribution in [0.5, 0.6) is 0 Å². The molecule has 0 fully saturated rings. The summed E-state index contributed by atoms with van der Waals surface area (Å²) < 4.78 is 0. The Hall–Kier alpha value is -1.31. The highest BCUT2D eigenvalue weighted by atomic mass is 16.4. The summed E-state index contributed by atoms with van der Waals surface area (Å²) in [5, 5.41) is 9.17. The van der Waals surface area contributed by atoms with Crippen molar-refractivity contribution < 1.29 is 9.90 Å². The lowest BCUT2D eigenvalue weighted by atomic mass is 9.89. The highest BCUT2D eigenvalue weighted by Gasteiger charge is 2.19. The fraction of sp³-hybridized carbons (Fsp3) is 0.500. The molecule has 0 saturated carbocycles. The molecule has 2 nitrogen and oxygen atoms in total. The van der Waals surface area contributed by atoms with Gasteiger partial charge in [-0.2, -0.15) is 0 Å². The van der Waals surface area contributed by atoms with Crippen LogP contribution in [0.3, 0.4) is 0 Å². The van der Waals surface area contributed by atoms with Crippen LogP contribution in [0.25, 0.3) is 0 Å². The lowest BCUT2D eigenvalue weighted by Crippen LogP contribution is -2.19. The second kappa shape index (κ2) is 5.69. The van der Waals surface area contributed by atoms with Gasteiger partial charge in [0.2, 0.25) is 0 Å². The van der Waals surface area contributed by atoms with E-state index in [1.807, 2.05) is 31.2 Å². The van der Waals surface area contributed by atoms with Gasteiger partial charge in [-0.05, 0) is 36.8 Å². The minimum absolute atomic E-state index is 0.263. The fourth-order valence-electron chi connectivity index (χ4n) is 1.95. The second-order valence-corrected chi connectivity index (χ2v) is 4.80. The zero-order valence-electron chi connectivity index (χ0n) is 10.2. The molecular weight excluding hydrogens is 200 g/mol. The zero-order chi connectivity index (χ0) is 12.1. The first-order valence-corrected chi connectivity index (χ1v) is 5.78. The molecule has 1 unspecified atom stereocenters. The van der Waals surface area contributed by atoms with Crippen molar-refractivity contribution in [2.45, 2.75) is 33.6 Å². The van der Waals surface area contributed by atoms with Crippen LogP contribution in [-0.2, 0) is 11.2 Å². The van der Waals surface area contributed by atoms with Crippen molar-refractivity contribution in [2.24, 2.45) is 11.8 Å². The molecule has 1 rings (SSSR count). The van der Waals surface area contributed by atoms with E-state index in [9.17, 15) is 9.90 Å². The van der Waals surface area contributed by atoms with Gasteiger partial charge in [0.15, 0.2) is 0 Å². The highest BCUT2D eigenvalue weighted by molar-refractivity contribution is 5.70. The Bertz CT molecular complexity index is 356. The first-order valence-electron chi connectivity index (χ1n) is 5.78. The molecule has 0 radical (unpaired) electrons. The maximum absolute atomic E-state index is 11.2. The molecule has 0 saturated heterocycles. The number of carboxylic acid groups (broad SMARTS) is 1. The first-order chi connectivity index (χ1) is 7.50. The Labute approximate surface area is 97.3 Å². The van der Waals surface area contributed by atoms with Gasteiger partial charge in [-0.1, -0.05) is 38.1 Å². The third-order valence-corrected chi connectivity index (χ3v) is 2.83. The summed E-state index contributed by atoms with van der Waals surface area (Å²) in [6.07, 6.45) is 1.38. The van der Waals surface area contributed by atoms with Crippen LogP contribution in [0.4, 0.5) is 0 Å². The Morgan fingerprint density at radius 3 is 2.44 bits per heavy atom. The van der Waals surface area contributed by atoms with Crippen molar-refractivity contribution in [1.82, 2.24) is 0 Å². The molecule has 0 heterocycles. The number of rotatable bonds is 5. The van der Waals surface area contributed by atoms with Gasteiger partial charge in [-0.15, -0.1) is 0 Å². The smallest absolute Gasteiger partial charge is 0.306 e. The molecule has 0 amide bonds. The molecular formula is C14H20O2. The predicted octanol–water partition coefficient (Wildman–Crippen LogP) is 3.28. The minimum Gasteiger partial charge on any atom is -0.481 e. The van der Waals surface area contributed by atoms with Gasteiger partial charge in [0.25, 0.3) is 0 Å². The molecule has 88 valence electrons. The van der Waals surface area contributed by atoms with Gasteiger partial charge in [0.05, 0.1) is 5.92 Å². The third kappa shape index (κ3) is 3.69. The average molecular weight is 220 g/mol. The van der Waals surface area contributed by atoms with Crippen molar-refractivity contribution in [3.05, 3.63) is 35.4 Å². The molecule has 0 aliphatic carbocycles. The summed E-state index contributed by atoms with van der Waals surface area (Å²) in [6, 6.07) is 8.00. The lowest BCUT2D eigenvalue weighted by molar-refractivity contribution is -0.142. The molecule has 1 aromatic rings. The quantitative estimate of drug-likeness (QED) is 0.826. The topological polar surface area (TPSA) is 37.3 Å². The van der Waals surface area contributed by atoms with Gasteiger partial charge < -0.3 is 5.11 Å². The average Bonchev–Trinajstić information content (AvgIpc) is 2.19. The van der Waals surface area contributed by atoms with Crippen molar-refractivity contribution in [2.75, 3.05) is 0 Å². The molecule has 0 aromatic heterocycles. The summed E-state index contributed by atoms with van der Waals surface area (Å²) >= 11 is 0. The molecule has 1 aromatic carbocycles. The molecule has 16 heavy (non-hydrogen) atoms. The van der Waals surface area contributed by atoms with Crippen LogP contribution in [0.1, 0.15) is 31.4 Å². The van der Waals surface area contributed by atoms with E-state index in [2.05, 4.69) is 13.8 Å². The van der Waals surface area contributed by atoms with E-state index in [1.54, 1.807) is 0 Å². The minimum atomic E-state index is -0.683. The van der Waals surface area contributed by atoms with E-state index in [-0.39, 0.29) is 5.92 Å². The fourth-order valence-corrected chi connectivity index (χ4v) is 1.95. The van der Waals surface area contributed by atoms with Crippen molar-refractivity contribution >= 4 is 5.97 Å². The Morgan fingerprint density at radius 1 is 1.31 bits per heavy atom. The van der Waals surface area contributed by atoms with E-state index in [1.165, 1.54) is 5.56 Å². The van der Waals surface area contributed by atoms with Crippen LogP contribution in [-0.4, -0.2) is 11.1 Å². The van der Waals surface area contributed by atoms with E-state index in [0.29, 0.717) is 12.3 Å². The van der Waals surface area contributed by atoms with Crippen molar-refractivity contribution in [3.8, 4) is 0 Å². The highest BCUT2D eigenvalue weighted by Crippen LogP contribution is 2.19. The van der Waals surface area contributed by atoms with Crippen molar-refractivity contribution in [3.63, 3.8) is 0 Å². The molecule has 0 aliphatic rings. The Kier molecular flexibility index (Phi) is 4.53. The number of hydrogen-bond donors (Lipinski definition) is 1. The maximum atomic E-state index is 11.2. The van der Waals surface area contributed by atoms with Gasteiger partial charge >= 0.3 is 5.97 Å². The number of aryl methyl sites for hydroxylation is 1. The van der Waals surface area contributed by atoms with Crippen molar-refractivity contribution in [1.29, 1.82) is 0 Å². The molecule has 1 atom stereocenters. The lowest BCUT2D eigenvalue weighted by Gasteiger charge is -2.15. The third-order valence-electron chi connectivity index (χ3n) is 2.83. The molecule has 0 bridgehead atoms. The van der Waals surface area contributed by atoms with Gasteiger partial charge in [-0.25, -0.2) is 0 Å². The SMILES string of the molecule is Cc1ccccc1CC(CC(C)C)C(=O)O. The largest absolute Gasteiger partial charge is 0.481 e. The van der Waals surface area contributed by atoms with Gasteiger partial charge in [0.1, 0.15) is 0 Å². The number of aliphatic carboxylic acids is 1. The molecule has 0 aliphatic heterocycles. The molecule has 1 N–H and O–H groups in total. The van der Waals surface area contributed by atoms with Crippen LogP contribution < -0.4 is 0 Å². The van der Waals surface area contributed by atoms with E-state index < -0.39 is 5.97 Å². The van der Waals surface area contributed by atoms with E-state index >= 15 is 0 Å². The summed E-state index contributed by atoms with van der Waals surface area (Å²) in [5.74, 6) is -0.525. The number of benzene rings is 1. The van der Waals surface area contributed by atoms with Crippen LogP contribution in [0.2, 0.25) is 0 Å². The second-order valence-electron chi connectivity index (χ2n) is 4.80. The number of hydrogen-bond acceptors (Lipinski definition) is 1. The van der Waals surface area contributed by atoms with E-state index in [4.69, 9.17) is 0 Å². The van der Waals surface area contributed by atoms with Gasteiger partial charge in [-0.3, -0.25) is 4.79 Å². The summed E-state index contributed by atoms with van der Waals surface area (Å²) in [7, 11) is 0. The summed E-state index contributed by atoms with van der Waals surface area (Å²) in [5.41, 5.74) is 2.33. The summed E-state index contributed by atoms with van der Waals surface area (Å²) in [4.78, 5) is 11.2. The molecule has 0 spiro atoms. The Morgan fingerprint density at radius 2 is 1.94 bits per heavy atom. The Balaban J connectivity index is 2.76. The predicted molar refractivity (Wildman–Crippen MR) is 65.5 cm³/mol. The number of carbonyl (C=O) groups is 1. The van der Waals surface area contributed by atoms with E-state index in [0.717, 1.165) is 12.0 Å². The normalized spacial score (nSPS) is 12.8. The standard InChI is InChI=1S/C14H20O2/c1-10(2)8-13(14(15)16)9-12-7-5-4-6-11(12)3/h4-7,10,13H,8-9H2,1-3H3,(H,15,16). The zero-order valence-corrected chi connectivity index (χ0v) is 10.2. The maximum Gasteiger partial charge on any atom is 0.306 e. The van der Waals surface area contributed by atoms with Gasteiger partial charge in [0, 0.05) is 0 Å².